The lowest BCUT2D eigenvalue weighted by Gasteiger charge is -2.44. The van der Waals surface area contributed by atoms with Gasteiger partial charge in [-0.3, -0.25) is 4.79 Å². The maximum Gasteiger partial charge on any atom is 0.220 e. The van der Waals surface area contributed by atoms with E-state index in [4.69, 9.17) is 4.74 Å². The number of unbranched alkanes of at least 4 members (excludes halogenated alkanes) is 6. The second kappa shape index (κ2) is 11.8. The number of amides is 1. The number of carbonyl (C=O) groups is 1. The van der Waals surface area contributed by atoms with E-state index in [1.165, 1.54) is 25.7 Å². The molecular formula is C19H37NO5. The molecule has 1 rings (SSSR count). The van der Waals surface area contributed by atoms with Crippen LogP contribution in [0.5, 0.6) is 0 Å². The summed E-state index contributed by atoms with van der Waals surface area (Å²) >= 11 is 0. The van der Waals surface area contributed by atoms with Gasteiger partial charge in [-0.2, -0.15) is 0 Å². The third-order valence-electron chi connectivity index (χ3n) is 4.96. The fourth-order valence-electron chi connectivity index (χ4n) is 3.37. The highest BCUT2D eigenvalue weighted by Crippen LogP contribution is 2.26. The monoisotopic (exact) mass is 359 g/mol. The molecule has 1 heterocycles. The minimum absolute atomic E-state index is 0.0130. The summed E-state index contributed by atoms with van der Waals surface area (Å²) in [6, 6.07) is -0.810. The number of aliphatic hydroxyl groups is 3. The summed E-state index contributed by atoms with van der Waals surface area (Å²) in [5, 5.41) is 32.9. The molecule has 1 aliphatic heterocycles. The Balaban J connectivity index is 2.42. The van der Waals surface area contributed by atoms with E-state index in [2.05, 4.69) is 12.2 Å². The summed E-state index contributed by atoms with van der Waals surface area (Å²) in [4.78, 5) is 12.2. The van der Waals surface area contributed by atoms with Crippen LogP contribution in [0.2, 0.25) is 0 Å². The average molecular weight is 360 g/mol. The second-order valence-electron chi connectivity index (χ2n) is 7.51. The van der Waals surface area contributed by atoms with Crippen molar-refractivity contribution in [1.82, 2.24) is 5.32 Å². The molecule has 1 amide bonds. The first-order chi connectivity index (χ1) is 11.9. The highest BCUT2D eigenvalue weighted by molar-refractivity contribution is 5.76. The van der Waals surface area contributed by atoms with Gasteiger partial charge in [0.1, 0.15) is 18.3 Å². The van der Waals surface area contributed by atoms with E-state index in [0.717, 1.165) is 19.3 Å². The van der Waals surface area contributed by atoms with Crippen molar-refractivity contribution in [3.05, 3.63) is 0 Å². The van der Waals surface area contributed by atoms with Gasteiger partial charge in [-0.1, -0.05) is 59.3 Å². The normalized spacial score (nSPS) is 29.8. The zero-order valence-electron chi connectivity index (χ0n) is 16.0. The van der Waals surface area contributed by atoms with E-state index in [0.29, 0.717) is 6.42 Å². The third kappa shape index (κ3) is 7.21. The van der Waals surface area contributed by atoms with Gasteiger partial charge < -0.3 is 25.4 Å². The van der Waals surface area contributed by atoms with Crippen LogP contribution in [0.25, 0.3) is 0 Å². The van der Waals surface area contributed by atoms with Crippen molar-refractivity contribution in [3.63, 3.8) is 0 Å². The summed E-state index contributed by atoms with van der Waals surface area (Å²) in [7, 11) is 0. The van der Waals surface area contributed by atoms with Crippen molar-refractivity contribution in [1.29, 1.82) is 0 Å². The molecule has 0 radical (unpaired) electrons. The zero-order chi connectivity index (χ0) is 18.8. The van der Waals surface area contributed by atoms with Gasteiger partial charge in [0.2, 0.25) is 5.91 Å². The van der Waals surface area contributed by atoms with Crippen LogP contribution in [0.1, 0.15) is 72.1 Å². The average Bonchev–Trinajstić information content (AvgIpc) is 2.57. The van der Waals surface area contributed by atoms with E-state index in [-0.39, 0.29) is 18.4 Å². The highest BCUT2D eigenvalue weighted by Gasteiger charge is 2.45. The molecule has 0 aromatic heterocycles. The topological polar surface area (TPSA) is 99.0 Å². The first kappa shape index (κ1) is 22.4. The van der Waals surface area contributed by atoms with Crippen molar-refractivity contribution in [2.45, 2.75) is 103 Å². The Labute approximate surface area is 152 Å². The van der Waals surface area contributed by atoms with Crippen molar-refractivity contribution >= 4 is 5.91 Å². The summed E-state index contributed by atoms with van der Waals surface area (Å²) < 4.78 is 5.58. The summed E-state index contributed by atoms with van der Waals surface area (Å²) in [6.07, 6.45) is 4.89. The fourth-order valence-corrected chi connectivity index (χ4v) is 3.37. The molecule has 1 aliphatic rings. The molecule has 4 N–H and O–H groups in total. The van der Waals surface area contributed by atoms with Gasteiger partial charge in [0.25, 0.3) is 0 Å². The second-order valence-corrected chi connectivity index (χ2v) is 7.51. The molecule has 0 saturated carbocycles. The van der Waals surface area contributed by atoms with Gasteiger partial charge in [0.15, 0.2) is 0 Å². The quantitative estimate of drug-likeness (QED) is 0.421. The van der Waals surface area contributed by atoms with Gasteiger partial charge in [0.05, 0.1) is 18.8 Å². The molecule has 0 bridgehead atoms. The zero-order valence-corrected chi connectivity index (χ0v) is 16.0. The lowest BCUT2D eigenvalue weighted by Crippen LogP contribution is -2.65. The lowest BCUT2D eigenvalue weighted by molar-refractivity contribution is -0.206. The minimum atomic E-state index is -1.12. The summed E-state index contributed by atoms with van der Waals surface area (Å²) in [6.45, 7) is 5.64. The Morgan fingerprint density at radius 1 is 1.04 bits per heavy atom. The molecule has 6 nitrogen and oxygen atoms in total. The van der Waals surface area contributed by atoms with E-state index >= 15 is 0 Å². The predicted octanol–water partition coefficient (Wildman–Crippen LogP) is 1.75. The molecule has 25 heavy (non-hydrogen) atoms. The van der Waals surface area contributed by atoms with E-state index in [9.17, 15) is 20.1 Å². The molecule has 148 valence electrons. The lowest BCUT2D eigenvalue weighted by atomic mass is 9.87. The summed E-state index contributed by atoms with van der Waals surface area (Å²) in [5.74, 6) is -0.156. The van der Waals surface area contributed by atoms with Crippen molar-refractivity contribution < 1.29 is 24.9 Å². The molecule has 0 spiro atoms. The maximum atomic E-state index is 12.2. The Morgan fingerprint density at radius 3 is 2.20 bits per heavy atom. The Hall–Kier alpha value is -0.690. The molecule has 5 atom stereocenters. The van der Waals surface area contributed by atoms with Gasteiger partial charge in [-0.05, 0) is 12.3 Å². The van der Waals surface area contributed by atoms with Crippen molar-refractivity contribution in [2.75, 3.05) is 6.61 Å². The van der Waals surface area contributed by atoms with Crippen molar-refractivity contribution in [3.8, 4) is 0 Å². The van der Waals surface area contributed by atoms with Gasteiger partial charge in [-0.15, -0.1) is 0 Å². The molecule has 0 aliphatic carbocycles. The first-order valence-electron chi connectivity index (χ1n) is 9.84. The van der Waals surface area contributed by atoms with Crippen LogP contribution in [0.15, 0.2) is 0 Å². The SMILES string of the molecule is CCCCCCCCCC(=O)N[C@@H]1C(O)[C@H](C(C)C)OC(CO)[C@H]1O. The number of aliphatic hydroxyl groups excluding tert-OH is 3. The van der Waals surface area contributed by atoms with E-state index in [1.807, 2.05) is 13.8 Å². The molecule has 6 heteroatoms. The highest BCUT2D eigenvalue weighted by atomic mass is 16.5. The predicted molar refractivity (Wildman–Crippen MR) is 97.1 cm³/mol. The Bertz CT molecular complexity index is 377. The van der Waals surface area contributed by atoms with Crippen LogP contribution in [0, 0.1) is 5.92 Å². The number of carbonyl (C=O) groups excluding carboxylic acids is 1. The molecule has 1 fully saturated rings. The van der Waals surface area contributed by atoms with Gasteiger partial charge in [-0.25, -0.2) is 0 Å². The number of hydrogen-bond donors (Lipinski definition) is 4. The van der Waals surface area contributed by atoms with E-state index < -0.39 is 30.5 Å². The number of nitrogens with one attached hydrogen (secondary N) is 1. The van der Waals surface area contributed by atoms with Gasteiger partial charge in [0, 0.05) is 6.42 Å². The van der Waals surface area contributed by atoms with Crippen LogP contribution in [-0.4, -0.2) is 58.3 Å². The molecule has 1 saturated heterocycles. The first-order valence-corrected chi connectivity index (χ1v) is 9.84. The minimum Gasteiger partial charge on any atom is -0.394 e. The van der Waals surface area contributed by atoms with Crippen LogP contribution in [0.4, 0.5) is 0 Å². The molecule has 0 aromatic rings. The smallest absolute Gasteiger partial charge is 0.220 e. The van der Waals surface area contributed by atoms with Crippen LogP contribution in [0.3, 0.4) is 0 Å². The third-order valence-corrected chi connectivity index (χ3v) is 4.96. The van der Waals surface area contributed by atoms with Crippen LogP contribution < -0.4 is 5.32 Å². The molecule has 0 aromatic carbocycles. The largest absolute Gasteiger partial charge is 0.394 e. The van der Waals surface area contributed by atoms with Crippen molar-refractivity contribution in [2.24, 2.45) is 5.92 Å². The van der Waals surface area contributed by atoms with Crippen LogP contribution in [-0.2, 0) is 9.53 Å². The van der Waals surface area contributed by atoms with Gasteiger partial charge >= 0.3 is 0 Å². The standard InChI is InChI=1S/C19H37NO5/c1-4-5-6-7-8-9-10-11-15(22)20-16-17(23)14(12-21)25-19(13(2)3)18(16)24/h13-14,16-19,21,23-24H,4-12H2,1-3H3,(H,20,22)/t14?,16-,17+,18?,19-/m0/s1. The molecular weight excluding hydrogens is 322 g/mol. The Kier molecular flexibility index (Phi) is 10.6. The number of rotatable bonds is 11. The number of hydrogen-bond acceptors (Lipinski definition) is 5. The fraction of sp³-hybridized carbons (Fsp3) is 0.947. The number of ether oxygens (including phenoxy) is 1. The van der Waals surface area contributed by atoms with E-state index in [1.54, 1.807) is 0 Å². The summed E-state index contributed by atoms with van der Waals surface area (Å²) in [5.41, 5.74) is 0. The molecule has 2 unspecified atom stereocenters. The Morgan fingerprint density at radius 2 is 1.64 bits per heavy atom. The van der Waals surface area contributed by atoms with Crippen LogP contribution >= 0.6 is 0 Å². The maximum absolute atomic E-state index is 12.2.